The molecule has 1 aliphatic carbocycles. The first kappa shape index (κ1) is 14.0. The number of carbonyl (C=O) groups excluding carboxylic acids is 2. The van der Waals surface area contributed by atoms with Crippen LogP contribution in [-0.2, 0) is 14.3 Å². The Hall–Kier alpha value is -0.940. The summed E-state index contributed by atoms with van der Waals surface area (Å²) >= 11 is 0. The first-order valence-corrected chi connectivity index (χ1v) is 7.66. The summed E-state index contributed by atoms with van der Waals surface area (Å²) in [6.07, 6.45) is 5.32. The Morgan fingerprint density at radius 3 is 2.55 bits per heavy atom. The van der Waals surface area contributed by atoms with Crippen molar-refractivity contribution < 1.29 is 19.4 Å². The number of hydrogen-bond acceptors (Lipinski definition) is 4. The summed E-state index contributed by atoms with van der Waals surface area (Å²) in [5.74, 6) is -0.181. The standard InChI is InChI=1S/C15H23NO4/c1-11-15(19,7-8-20-11)10-16-12(17)9-14(13(16)18)5-3-2-4-6-14/h11,19H,2-10H2,1H3. The molecule has 5 nitrogen and oxygen atoms in total. The van der Waals surface area contributed by atoms with Crippen LogP contribution in [0.1, 0.15) is 51.9 Å². The van der Waals surface area contributed by atoms with Crippen molar-refractivity contribution in [3.8, 4) is 0 Å². The van der Waals surface area contributed by atoms with Crippen molar-refractivity contribution in [1.29, 1.82) is 0 Å². The minimum Gasteiger partial charge on any atom is -0.385 e. The molecule has 2 heterocycles. The molecule has 2 atom stereocenters. The van der Waals surface area contributed by atoms with Gasteiger partial charge in [-0.15, -0.1) is 0 Å². The molecule has 2 amide bonds. The smallest absolute Gasteiger partial charge is 0.236 e. The predicted molar refractivity (Wildman–Crippen MR) is 71.8 cm³/mol. The van der Waals surface area contributed by atoms with Gasteiger partial charge in [0.15, 0.2) is 0 Å². The Kier molecular flexibility index (Phi) is 3.37. The normalized spacial score (nSPS) is 37.1. The average molecular weight is 281 g/mol. The summed E-state index contributed by atoms with van der Waals surface area (Å²) in [6, 6.07) is 0. The molecule has 3 rings (SSSR count). The van der Waals surface area contributed by atoms with Gasteiger partial charge in [0.05, 0.1) is 18.1 Å². The molecule has 1 saturated carbocycles. The lowest BCUT2D eigenvalue weighted by Gasteiger charge is -2.33. The molecule has 20 heavy (non-hydrogen) atoms. The van der Waals surface area contributed by atoms with E-state index in [-0.39, 0.29) is 24.5 Å². The number of amides is 2. The summed E-state index contributed by atoms with van der Waals surface area (Å²) in [5.41, 5.74) is -1.54. The molecule has 0 aromatic heterocycles. The van der Waals surface area contributed by atoms with Gasteiger partial charge in [0.2, 0.25) is 11.8 Å². The largest absolute Gasteiger partial charge is 0.385 e. The van der Waals surface area contributed by atoms with E-state index in [0.29, 0.717) is 19.4 Å². The molecule has 3 fully saturated rings. The van der Waals surface area contributed by atoms with Crippen LogP contribution in [0, 0.1) is 5.41 Å². The zero-order chi connectivity index (χ0) is 14.4. The molecule has 0 bridgehead atoms. The van der Waals surface area contributed by atoms with Gasteiger partial charge in [-0.05, 0) is 19.8 Å². The lowest BCUT2D eigenvalue weighted by molar-refractivity contribution is -0.147. The highest BCUT2D eigenvalue weighted by molar-refractivity contribution is 6.06. The van der Waals surface area contributed by atoms with Gasteiger partial charge in [0.25, 0.3) is 0 Å². The highest BCUT2D eigenvalue weighted by Gasteiger charge is 2.54. The van der Waals surface area contributed by atoms with Crippen molar-refractivity contribution in [1.82, 2.24) is 4.90 Å². The highest BCUT2D eigenvalue weighted by Crippen LogP contribution is 2.46. The molecule has 2 saturated heterocycles. The molecule has 3 aliphatic rings. The number of likely N-dealkylation sites (tertiary alicyclic amines) is 1. The zero-order valence-electron chi connectivity index (χ0n) is 12.1. The molecule has 5 heteroatoms. The molecule has 2 aliphatic heterocycles. The lowest BCUT2D eigenvalue weighted by Crippen LogP contribution is -2.50. The first-order chi connectivity index (χ1) is 9.47. The lowest BCUT2D eigenvalue weighted by atomic mass is 9.73. The van der Waals surface area contributed by atoms with Crippen LogP contribution in [0.2, 0.25) is 0 Å². The second-order valence-electron chi connectivity index (χ2n) is 6.67. The summed E-state index contributed by atoms with van der Waals surface area (Å²) in [6.45, 7) is 2.38. The Morgan fingerprint density at radius 2 is 1.95 bits per heavy atom. The fourth-order valence-corrected chi connectivity index (χ4v) is 3.89. The average Bonchev–Trinajstić information content (AvgIpc) is 2.85. The molecule has 1 spiro atoms. The van der Waals surface area contributed by atoms with Crippen LogP contribution in [0.25, 0.3) is 0 Å². The minimum absolute atomic E-state index is 0.0604. The van der Waals surface area contributed by atoms with Gasteiger partial charge >= 0.3 is 0 Å². The van der Waals surface area contributed by atoms with Crippen molar-refractivity contribution in [3.63, 3.8) is 0 Å². The van der Waals surface area contributed by atoms with E-state index in [4.69, 9.17) is 4.74 Å². The fourth-order valence-electron chi connectivity index (χ4n) is 3.89. The highest BCUT2D eigenvalue weighted by atomic mass is 16.5. The third-order valence-corrected chi connectivity index (χ3v) is 5.39. The van der Waals surface area contributed by atoms with Gasteiger partial charge in [-0.25, -0.2) is 0 Å². The van der Waals surface area contributed by atoms with E-state index in [1.54, 1.807) is 6.92 Å². The van der Waals surface area contributed by atoms with Gasteiger partial charge in [0, 0.05) is 19.4 Å². The van der Waals surface area contributed by atoms with Crippen molar-refractivity contribution in [2.75, 3.05) is 13.2 Å². The predicted octanol–water partition coefficient (Wildman–Crippen LogP) is 1.24. The maximum Gasteiger partial charge on any atom is 0.236 e. The SMILES string of the molecule is CC1OCCC1(O)CN1C(=O)CC2(CCCCC2)C1=O. The Balaban J connectivity index is 1.77. The number of imide groups is 1. The number of aliphatic hydroxyl groups is 1. The van der Waals surface area contributed by atoms with Crippen LogP contribution >= 0.6 is 0 Å². The van der Waals surface area contributed by atoms with E-state index in [1.807, 2.05) is 0 Å². The Morgan fingerprint density at radius 1 is 1.25 bits per heavy atom. The van der Waals surface area contributed by atoms with Gasteiger partial charge in [-0.1, -0.05) is 19.3 Å². The van der Waals surface area contributed by atoms with E-state index in [0.717, 1.165) is 32.1 Å². The number of carbonyl (C=O) groups is 2. The van der Waals surface area contributed by atoms with Gasteiger partial charge in [-0.3, -0.25) is 14.5 Å². The molecule has 112 valence electrons. The Labute approximate surface area is 119 Å². The van der Waals surface area contributed by atoms with E-state index in [9.17, 15) is 14.7 Å². The second-order valence-corrected chi connectivity index (χ2v) is 6.67. The van der Waals surface area contributed by atoms with Crippen LogP contribution in [0.3, 0.4) is 0 Å². The molecule has 0 radical (unpaired) electrons. The van der Waals surface area contributed by atoms with Crippen molar-refractivity contribution >= 4 is 11.8 Å². The second kappa shape index (κ2) is 4.81. The maximum atomic E-state index is 12.7. The topological polar surface area (TPSA) is 66.8 Å². The van der Waals surface area contributed by atoms with E-state index in [1.165, 1.54) is 4.90 Å². The third kappa shape index (κ3) is 2.07. The van der Waals surface area contributed by atoms with E-state index < -0.39 is 11.0 Å². The monoisotopic (exact) mass is 281 g/mol. The summed E-state index contributed by atoms with van der Waals surface area (Å²) in [7, 11) is 0. The number of hydrogen-bond donors (Lipinski definition) is 1. The molecule has 1 N–H and O–H groups in total. The summed E-state index contributed by atoms with van der Waals surface area (Å²) < 4.78 is 5.39. The first-order valence-electron chi connectivity index (χ1n) is 7.66. The van der Waals surface area contributed by atoms with Crippen LogP contribution in [0.15, 0.2) is 0 Å². The number of nitrogens with zero attached hydrogens (tertiary/aromatic N) is 1. The Bertz CT molecular complexity index is 430. The van der Waals surface area contributed by atoms with Gasteiger partial charge in [0.1, 0.15) is 5.60 Å². The molecule has 0 aromatic carbocycles. The number of rotatable bonds is 2. The quantitative estimate of drug-likeness (QED) is 0.773. The van der Waals surface area contributed by atoms with E-state index >= 15 is 0 Å². The fraction of sp³-hybridized carbons (Fsp3) is 0.867. The van der Waals surface area contributed by atoms with Crippen LogP contribution in [0.5, 0.6) is 0 Å². The van der Waals surface area contributed by atoms with Crippen molar-refractivity contribution in [2.45, 2.75) is 63.6 Å². The van der Waals surface area contributed by atoms with Gasteiger partial charge in [-0.2, -0.15) is 0 Å². The summed E-state index contributed by atoms with van der Waals surface area (Å²) in [5, 5.41) is 10.6. The van der Waals surface area contributed by atoms with Gasteiger partial charge < -0.3 is 9.84 Å². The number of β-amino-alcohol motifs (C(OH)–C–C–N with tert-alkyl or cyclic N) is 1. The van der Waals surface area contributed by atoms with Crippen LogP contribution < -0.4 is 0 Å². The molecular formula is C15H23NO4. The van der Waals surface area contributed by atoms with Crippen LogP contribution in [-0.4, -0.2) is 46.7 Å². The minimum atomic E-state index is -1.08. The van der Waals surface area contributed by atoms with Crippen molar-refractivity contribution in [2.24, 2.45) is 5.41 Å². The van der Waals surface area contributed by atoms with E-state index in [2.05, 4.69) is 0 Å². The van der Waals surface area contributed by atoms with Crippen LogP contribution in [0.4, 0.5) is 0 Å². The third-order valence-electron chi connectivity index (χ3n) is 5.39. The molecule has 2 unspecified atom stereocenters. The maximum absolute atomic E-state index is 12.7. The van der Waals surface area contributed by atoms with Crippen molar-refractivity contribution in [3.05, 3.63) is 0 Å². The molecular weight excluding hydrogens is 258 g/mol. The summed E-state index contributed by atoms with van der Waals surface area (Å²) in [4.78, 5) is 26.2. The molecule has 0 aromatic rings. The zero-order valence-corrected chi connectivity index (χ0v) is 12.1. The number of ether oxygens (including phenoxy) is 1.